The molecule has 0 unspecified atom stereocenters. The van der Waals surface area contributed by atoms with E-state index < -0.39 is 5.82 Å². The van der Waals surface area contributed by atoms with E-state index in [2.05, 4.69) is 32.1 Å². The number of piperazine rings is 1. The first-order valence-corrected chi connectivity index (χ1v) is 13.2. The Kier molecular flexibility index (Phi) is 8.55. The molecule has 0 saturated carbocycles. The van der Waals surface area contributed by atoms with Gasteiger partial charge in [-0.05, 0) is 37.7 Å². The van der Waals surface area contributed by atoms with Crippen LogP contribution in [0.2, 0.25) is 5.02 Å². The van der Waals surface area contributed by atoms with Crippen molar-refractivity contribution in [2.24, 2.45) is 0 Å². The van der Waals surface area contributed by atoms with Crippen molar-refractivity contribution in [1.82, 2.24) is 19.8 Å². The summed E-state index contributed by atoms with van der Waals surface area (Å²) < 4.78 is 31.8. The van der Waals surface area contributed by atoms with Gasteiger partial charge in [0.05, 0.1) is 30.4 Å². The summed E-state index contributed by atoms with van der Waals surface area (Å²) in [5.74, 6) is 1.44. The third-order valence-electron chi connectivity index (χ3n) is 6.82. The van der Waals surface area contributed by atoms with Crippen LogP contribution in [0.25, 0.3) is 10.9 Å². The Morgan fingerprint density at radius 3 is 2.68 bits per heavy atom. The summed E-state index contributed by atoms with van der Waals surface area (Å²) >= 11 is 5.97. The van der Waals surface area contributed by atoms with E-state index in [0.717, 1.165) is 62.9 Å². The number of ether oxygens (including phenoxy) is 3. The lowest BCUT2D eigenvalue weighted by Gasteiger charge is -2.32. The maximum absolute atomic E-state index is 13.6. The van der Waals surface area contributed by atoms with E-state index in [0.29, 0.717) is 42.8 Å². The quantitative estimate of drug-likeness (QED) is 0.399. The molecule has 0 aliphatic carbocycles. The summed E-state index contributed by atoms with van der Waals surface area (Å²) in [6.45, 7) is 7.36. The molecule has 0 bridgehead atoms. The van der Waals surface area contributed by atoms with Crippen molar-refractivity contribution in [3.8, 4) is 11.5 Å². The molecule has 3 aromatic rings. The number of benzene rings is 2. The second kappa shape index (κ2) is 12.2. The fourth-order valence-electron chi connectivity index (χ4n) is 4.59. The maximum Gasteiger partial charge on any atom is 0.163 e. The summed E-state index contributed by atoms with van der Waals surface area (Å²) in [7, 11) is 2.17. The lowest BCUT2D eigenvalue weighted by Crippen LogP contribution is -2.44. The number of halogens is 2. The minimum absolute atomic E-state index is 0.0409. The van der Waals surface area contributed by atoms with Gasteiger partial charge in [-0.1, -0.05) is 11.6 Å². The largest absolute Gasteiger partial charge is 0.490 e. The van der Waals surface area contributed by atoms with Crippen molar-refractivity contribution in [2.45, 2.75) is 25.4 Å². The smallest absolute Gasteiger partial charge is 0.163 e. The molecule has 2 aliphatic heterocycles. The lowest BCUT2D eigenvalue weighted by atomic mass is 10.1. The number of nitrogens with zero attached hydrogens (tertiary/aromatic N) is 4. The van der Waals surface area contributed by atoms with Crippen molar-refractivity contribution in [2.75, 3.05) is 64.9 Å². The highest BCUT2D eigenvalue weighted by molar-refractivity contribution is 6.31. The minimum Gasteiger partial charge on any atom is -0.490 e. The molecule has 0 radical (unpaired) electrons. The van der Waals surface area contributed by atoms with Crippen LogP contribution in [0.4, 0.5) is 15.9 Å². The first-order chi connectivity index (χ1) is 18.0. The second-order valence-corrected chi connectivity index (χ2v) is 9.98. The molecule has 2 aliphatic rings. The summed E-state index contributed by atoms with van der Waals surface area (Å²) in [5, 5.41) is 4.04. The van der Waals surface area contributed by atoms with Gasteiger partial charge in [0.2, 0.25) is 0 Å². The van der Waals surface area contributed by atoms with Gasteiger partial charge in [-0.15, -0.1) is 0 Å². The number of hydrogen-bond donors (Lipinski definition) is 1. The molecule has 2 aromatic carbocycles. The van der Waals surface area contributed by atoms with Crippen LogP contribution in [0, 0.1) is 5.82 Å². The van der Waals surface area contributed by atoms with Crippen molar-refractivity contribution >= 4 is 34.0 Å². The van der Waals surface area contributed by atoms with Crippen LogP contribution in [-0.4, -0.2) is 85.5 Å². The number of aromatic nitrogens is 2. The van der Waals surface area contributed by atoms with Gasteiger partial charge in [0, 0.05) is 62.7 Å². The third-order valence-corrected chi connectivity index (χ3v) is 7.11. The van der Waals surface area contributed by atoms with Gasteiger partial charge in [-0.3, -0.25) is 0 Å². The lowest BCUT2D eigenvalue weighted by molar-refractivity contribution is 0.0243. The van der Waals surface area contributed by atoms with E-state index in [1.807, 2.05) is 12.1 Å². The fraction of sp³-hybridized carbons (Fsp3) is 0.481. The SMILES string of the molecule is CN1CCN(CCCOc2cc3ncnc(Nc4ccc(F)c(Cl)c4)c3cc2OC2CCOCC2)CC1. The van der Waals surface area contributed by atoms with Gasteiger partial charge in [-0.2, -0.15) is 0 Å². The Bertz CT molecular complexity index is 1200. The number of likely N-dealkylation sites (N-methyl/N-ethyl adjacent to an activating group) is 1. The summed E-state index contributed by atoms with van der Waals surface area (Å²) in [6, 6.07) is 8.30. The van der Waals surface area contributed by atoms with Crippen LogP contribution < -0.4 is 14.8 Å². The second-order valence-electron chi connectivity index (χ2n) is 9.57. The van der Waals surface area contributed by atoms with Gasteiger partial charge in [0.25, 0.3) is 0 Å². The first kappa shape index (κ1) is 25.9. The molecule has 37 heavy (non-hydrogen) atoms. The van der Waals surface area contributed by atoms with Crippen LogP contribution in [0.15, 0.2) is 36.7 Å². The molecular weight excluding hydrogens is 497 g/mol. The zero-order valence-electron chi connectivity index (χ0n) is 21.1. The molecule has 10 heteroatoms. The molecular formula is C27H33ClFN5O3. The van der Waals surface area contributed by atoms with Crippen LogP contribution in [0.5, 0.6) is 11.5 Å². The summed E-state index contributed by atoms with van der Waals surface area (Å²) in [6.07, 6.45) is 4.12. The van der Waals surface area contributed by atoms with Crippen LogP contribution >= 0.6 is 11.6 Å². The Balaban J connectivity index is 1.35. The average molecular weight is 530 g/mol. The molecule has 2 fully saturated rings. The van der Waals surface area contributed by atoms with Crippen LogP contribution in [-0.2, 0) is 4.74 Å². The highest BCUT2D eigenvalue weighted by Crippen LogP contribution is 2.36. The van der Waals surface area contributed by atoms with Crippen LogP contribution in [0.1, 0.15) is 19.3 Å². The molecule has 5 rings (SSSR count). The van der Waals surface area contributed by atoms with Crippen molar-refractivity contribution in [3.63, 3.8) is 0 Å². The van der Waals surface area contributed by atoms with Crippen molar-refractivity contribution in [3.05, 3.63) is 47.5 Å². The Labute approximate surface area is 221 Å². The Morgan fingerprint density at radius 1 is 1.08 bits per heavy atom. The molecule has 8 nitrogen and oxygen atoms in total. The molecule has 0 spiro atoms. The predicted molar refractivity (Wildman–Crippen MR) is 143 cm³/mol. The van der Waals surface area contributed by atoms with E-state index in [-0.39, 0.29) is 11.1 Å². The molecule has 0 atom stereocenters. The molecule has 198 valence electrons. The maximum atomic E-state index is 13.6. The molecule has 3 heterocycles. The summed E-state index contributed by atoms with van der Waals surface area (Å²) in [4.78, 5) is 13.7. The third kappa shape index (κ3) is 6.78. The molecule has 2 saturated heterocycles. The number of nitrogens with one attached hydrogen (secondary N) is 1. The monoisotopic (exact) mass is 529 g/mol. The number of fused-ring (bicyclic) bond motifs is 1. The van der Waals surface area contributed by atoms with E-state index in [1.54, 1.807) is 6.07 Å². The first-order valence-electron chi connectivity index (χ1n) is 12.8. The van der Waals surface area contributed by atoms with Crippen LogP contribution in [0.3, 0.4) is 0 Å². The Morgan fingerprint density at radius 2 is 1.89 bits per heavy atom. The van der Waals surface area contributed by atoms with E-state index in [1.165, 1.54) is 18.5 Å². The molecule has 1 aromatic heterocycles. The highest BCUT2D eigenvalue weighted by Gasteiger charge is 2.20. The average Bonchev–Trinajstić information content (AvgIpc) is 2.91. The summed E-state index contributed by atoms with van der Waals surface area (Å²) in [5.41, 5.74) is 1.35. The standard InChI is InChI=1S/C27H33ClFN5O3/c1-33-8-10-34(11-9-33)7-2-12-36-25-17-24-21(16-26(25)37-20-5-13-35-14-6-20)27(31-18-30-24)32-19-3-4-23(29)22(28)15-19/h3-4,15-18,20H,2,5-14H2,1H3,(H,30,31,32). The van der Waals surface area contributed by atoms with Gasteiger partial charge < -0.3 is 29.3 Å². The Hall–Kier alpha value is -2.72. The minimum atomic E-state index is -0.471. The number of rotatable bonds is 9. The van der Waals surface area contributed by atoms with Gasteiger partial charge >= 0.3 is 0 Å². The number of anilines is 2. The van der Waals surface area contributed by atoms with Gasteiger partial charge in [0.1, 0.15) is 24.1 Å². The van der Waals surface area contributed by atoms with Gasteiger partial charge in [-0.25, -0.2) is 14.4 Å². The molecule has 0 amide bonds. The zero-order chi connectivity index (χ0) is 25.6. The predicted octanol–water partition coefficient (Wildman–Crippen LogP) is 4.74. The number of hydrogen-bond acceptors (Lipinski definition) is 8. The van der Waals surface area contributed by atoms with Gasteiger partial charge in [0.15, 0.2) is 11.5 Å². The van der Waals surface area contributed by atoms with Crippen molar-refractivity contribution < 1.29 is 18.6 Å². The normalized spacial score (nSPS) is 17.7. The van der Waals surface area contributed by atoms with Crippen molar-refractivity contribution in [1.29, 1.82) is 0 Å². The van der Waals surface area contributed by atoms with E-state index in [4.69, 9.17) is 25.8 Å². The zero-order valence-corrected chi connectivity index (χ0v) is 21.8. The fourth-order valence-corrected chi connectivity index (χ4v) is 4.77. The topological polar surface area (TPSA) is 72.0 Å². The molecule has 1 N–H and O–H groups in total. The highest BCUT2D eigenvalue weighted by atomic mass is 35.5. The van der Waals surface area contributed by atoms with E-state index in [9.17, 15) is 4.39 Å². The van der Waals surface area contributed by atoms with E-state index >= 15 is 0 Å².